The first-order valence-electron chi connectivity index (χ1n) is 4.59. The van der Waals surface area contributed by atoms with Crippen LogP contribution in [0.1, 0.15) is 0 Å². The molecular formula is C5H18O4SSi4. The molecule has 0 aromatic carbocycles. The zero-order chi connectivity index (χ0) is 10.8. The minimum atomic E-state index is -2.05. The van der Waals surface area contributed by atoms with Crippen molar-refractivity contribution in [3.05, 3.63) is 0 Å². The smallest absolute Gasteiger partial charge is 0.313 e. The number of hydrogen-bond acceptors (Lipinski definition) is 5. The van der Waals surface area contributed by atoms with Crippen molar-refractivity contribution in [1.82, 2.24) is 0 Å². The average molecular weight is 287 g/mol. The highest BCUT2D eigenvalue weighted by Crippen LogP contribution is 2.19. The fraction of sp³-hybridized carbons (Fsp3) is 1.00. The van der Waals surface area contributed by atoms with Gasteiger partial charge in [-0.15, -0.1) is 0 Å². The van der Waals surface area contributed by atoms with Gasteiger partial charge in [-0.05, 0) is 26.2 Å². The molecule has 1 rings (SSSR count). The topological polar surface area (TPSA) is 36.9 Å². The molecule has 0 aromatic heterocycles. The lowest BCUT2D eigenvalue weighted by atomic mass is 11.9. The Morgan fingerprint density at radius 2 is 1.86 bits per heavy atom. The highest BCUT2D eigenvalue weighted by molar-refractivity contribution is 7.81. The molecule has 4 nitrogen and oxygen atoms in total. The van der Waals surface area contributed by atoms with Crippen LogP contribution in [-0.4, -0.2) is 41.8 Å². The standard InChI is InChI=1S/C5H18O4SSi4/c1-13(2)7-11-6-12(5-10)8-14(3,4)9-13/h10,12H,5,11H2,1-4H3. The first kappa shape index (κ1) is 13.1. The summed E-state index contributed by atoms with van der Waals surface area (Å²) in [5.74, 6) is 0. The van der Waals surface area contributed by atoms with Crippen molar-refractivity contribution in [2.24, 2.45) is 0 Å². The number of rotatable bonds is 1. The Morgan fingerprint density at radius 3 is 2.43 bits per heavy atom. The average Bonchev–Trinajstić information content (AvgIpc) is 1.97. The van der Waals surface area contributed by atoms with Crippen molar-refractivity contribution >= 4 is 49.0 Å². The second-order valence-corrected chi connectivity index (χ2v) is 16.5. The highest BCUT2D eigenvalue weighted by atomic mass is 32.1. The van der Waals surface area contributed by atoms with Gasteiger partial charge in [0.05, 0.1) is 0 Å². The molecule has 1 unspecified atom stereocenters. The van der Waals surface area contributed by atoms with E-state index in [1.807, 2.05) is 26.2 Å². The third-order valence-corrected chi connectivity index (χ3v) is 15.4. The molecule has 1 fully saturated rings. The van der Waals surface area contributed by atoms with E-state index in [-0.39, 0.29) is 0 Å². The molecule has 1 atom stereocenters. The summed E-state index contributed by atoms with van der Waals surface area (Å²) in [6.07, 6.45) is 0. The monoisotopic (exact) mass is 286 g/mol. The maximum atomic E-state index is 5.99. The number of thiol groups is 1. The van der Waals surface area contributed by atoms with E-state index in [9.17, 15) is 0 Å². The number of hydrogen-bond donors (Lipinski definition) is 1. The van der Waals surface area contributed by atoms with Crippen LogP contribution in [0.4, 0.5) is 0 Å². The molecule has 1 saturated heterocycles. The van der Waals surface area contributed by atoms with Gasteiger partial charge in [0.25, 0.3) is 10.0 Å². The normalized spacial score (nSPS) is 33.6. The van der Waals surface area contributed by atoms with E-state index in [2.05, 4.69) is 12.6 Å². The van der Waals surface area contributed by atoms with E-state index in [1.54, 1.807) is 0 Å². The first-order valence-corrected chi connectivity index (χ1v) is 13.8. The van der Waals surface area contributed by atoms with E-state index < -0.39 is 36.4 Å². The Bertz CT molecular complexity index is 202. The molecule has 0 saturated carbocycles. The van der Waals surface area contributed by atoms with E-state index in [4.69, 9.17) is 16.5 Å². The van der Waals surface area contributed by atoms with Crippen molar-refractivity contribution in [3.63, 3.8) is 0 Å². The SMILES string of the molecule is C[Si]1(C)O[SiH2]O[SiH](CS)O[Si](C)(C)O1. The zero-order valence-corrected chi connectivity index (χ0v) is 14.5. The highest BCUT2D eigenvalue weighted by Gasteiger charge is 2.40. The summed E-state index contributed by atoms with van der Waals surface area (Å²) < 4.78 is 23.3. The van der Waals surface area contributed by atoms with Crippen LogP contribution in [0, 0.1) is 0 Å². The molecule has 14 heavy (non-hydrogen) atoms. The van der Waals surface area contributed by atoms with Crippen LogP contribution >= 0.6 is 12.6 Å². The molecule has 0 aromatic rings. The van der Waals surface area contributed by atoms with Crippen LogP contribution in [0.2, 0.25) is 26.2 Å². The lowest BCUT2D eigenvalue weighted by Crippen LogP contribution is -2.55. The summed E-state index contributed by atoms with van der Waals surface area (Å²) in [4.78, 5) is 0. The molecule has 1 heterocycles. The van der Waals surface area contributed by atoms with Gasteiger partial charge in [-0.25, -0.2) is 0 Å². The van der Waals surface area contributed by atoms with Crippen molar-refractivity contribution in [3.8, 4) is 0 Å². The fourth-order valence-electron chi connectivity index (χ4n) is 1.34. The van der Waals surface area contributed by atoms with Crippen LogP contribution in [0.25, 0.3) is 0 Å². The molecule has 0 spiro atoms. The largest absolute Gasteiger partial charge is 0.422 e. The van der Waals surface area contributed by atoms with Gasteiger partial charge < -0.3 is 16.5 Å². The van der Waals surface area contributed by atoms with Crippen molar-refractivity contribution in [2.45, 2.75) is 26.2 Å². The molecule has 1 aliphatic heterocycles. The summed E-state index contributed by atoms with van der Waals surface area (Å²) >= 11 is 4.22. The summed E-state index contributed by atoms with van der Waals surface area (Å²) in [7, 11) is -6.54. The van der Waals surface area contributed by atoms with Gasteiger partial charge in [0.2, 0.25) is 0 Å². The van der Waals surface area contributed by atoms with E-state index in [0.29, 0.717) is 5.38 Å². The van der Waals surface area contributed by atoms with Gasteiger partial charge >= 0.3 is 26.4 Å². The Labute approximate surface area is 97.1 Å². The quantitative estimate of drug-likeness (QED) is 0.550. The van der Waals surface area contributed by atoms with Crippen LogP contribution in [0.15, 0.2) is 0 Å². The van der Waals surface area contributed by atoms with Crippen LogP contribution < -0.4 is 0 Å². The molecule has 0 aliphatic carbocycles. The Hall–Kier alpha value is 1.06. The van der Waals surface area contributed by atoms with Gasteiger partial charge in [-0.3, -0.25) is 0 Å². The minimum absolute atomic E-state index is 0.693. The van der Waals surface area contributed by atoms with Crippen LogP contribution in [0.5, 0.6) is 0 Å². The summed E-state index contributed by atoms with van der Waals surface area (Å²) in [5.41, 5.74) is 0. The first-order chi connectivity index (χ1) is 6.35. The Balaban J connectivity index is 2.65. The lowest BCUT2D eigenvalue weighted by molar-refractivity contribution is 0.275. The van der Waals surface area contributed by atoms with Crippen molar-refractivity contribution in [2.75, 3.05) is 5.38 Å². The van der Waals surface area contributed by atoms with Gasteiger partial charge in [-0.1, -0.05) is 0 Å². The molecular weight excluding hydrogens is 268 g/mol. The zero-order valence-electron chi connectivity index (χ0n) is 9.07. The molecule has 0 radical (unpaired) electrons. The molecule has 0 amide bonds. The van der Waals surface area contributed by atoms with E-state index in [1.165, 1.54) is 0 Å². The van der Waals surface area contributed by atoms with Crippen molar-refractivity contribution in [1.29, 1.82) is 0 Å². The van der Waals surface area contributed by atoms with Crippen LogP contribution in [0.3, 0.4) is 0 Å². The lowest BCUT2D eigenvalue weighted by Gasteiger charge is -2.37. The molecule has 1 aliphatic rings. The predicted molar refractivity (Wildman–Crippen MR) is 68.9 cm³/mol. The van der Waals surface area contributed by atoms with E-state index >= 15 is 0 Å². The summed E-state index contributed by atoms with van der Waals surface area (Å²) in [5, 5.41) is 0.693. The van der Waals surface area contributed by atoms with Crippen LogP contribution in [-0.2, 0) is 16.5 Å². The second kappa shape index (κ2) is 4.93. The fourth-order valence-corrected chi connectivity index (χ4v) is 15.8. The Morgan fingerprint density at radius 1 is 1.21 bits per heavy atom. The Kier molecular flexibility index (Phi) is 4.62. The predicted octanol–water partition coefficient (Wildman–Crippen LogP) is 0.158. The molecule has 84 valence electrons. The van der Waals surface area contributed by atoms with Gasteiger partial charge in [0.15, 0.2) is 0 Å². The molecule has 9 heteroatoms. The van der Waals surface area contributed by atoms with Crippen molar-refractivity contribution < 1.29 is 16.5 Å². The maximum absolute atomic E-state index is 5.99. The molecule has 0 bridgehead atoms. The summed E-state index contributed by atoms with van der Waals surface area (Å²) in [6.45, 7) is 8.18. The van der Waals surface area contributed by atoms with Gasteiger partial charge in [0.1, 0.15) is 0 Å². The van der Waals surface area contributed by atoms with E-state index in [0.717, 1.165) is 0 Å². The van der Waals surface area contributed by atoms with Gasteiger partial charge in [-0.2, -0.15) is 12.6 Å². The maximum Gasteiger partial charge on any atom is 0.313 e. The minimum Gasteiger partial charge on any atom is -0.422 e. The molecule has 0 N–H and O–H groups in total. The third kappa shape index (κ3) is 4.28. The third-order valence-electron chi connectivity index (χ3n) is 1.72. The summed E-state index contributed by atoms with van der Waals surface area (Å²) in [6, 6.07) is 0. The van der Waals surface area contributed by atoms with Gasteiger partial charge in [0, 0.05) is 5.38 Å². The second-order valence-electron chi connectivity index (χ2n) is 4.06.